The van der Waals surface area contributed by atoms with Gasteiger partial charge in [-0.2, -0.15) is 0 Å². The molecule has 0 aromatic heterocycles. The fourth-order valence-electron chi connectivity index (χ4n) is 3.69. The van der Waals surface area contributed by atoms with Crippen molar-refractivity contribution in [2.45, 2.75) is 53.7 Å². The molecule has 2 aromatic rings. The van der Waals surface area contributed by atoms with Gasteiger partial charge in [0.1, 0.15) is 11.5 Å². The van der Waals surface area contributed by atoms with Crippen LogP contribution in [0.4, 0.5) is 5.69 Å². The standard InChI is InChI=1S/C26H31NO5/c1-7-31-19-14-10-18(11-15-19)27-22(17-8-12-20(13-9-17)32-16(2)3)21(23(28)25(27)30)24(29)26(4,5)6/h8-16,22,28H,7H2,1-6H3. The number of rotatable bonds is 7. The van der Waals surface area contributed by atoms with E-state index in [0.717, 1.165) is 0 Å². The molecule has 0 saturated heterocycles. The van der Waals surface area contributed by atoms with Gasteiger partial charge in [0.05, 0.1) is 24.3 Å². The van der Waals surface area contributed by atoms with Crippen LogP contribution in [0.1, 0.15) is 53.1 Å². The molecule has 3 rings (SSSR count). The van der Waals surface area contributed by atoms with Gasteiger partial charge in [-0.1, -0.05) is 32.9 Å². The number of Topliss-reactive ketones (excluding diaryl/α,β-unsaturated/α-hetero) is 1. The van der Waals surface area contributed by atoms with Crippen molar-refractivity contribution in [1.82, 2.24) is 0 Å². The summed E-state index contributed by atoms with van der Waals surface area (Å²) in [6, 6.07) is 13.6. The Morgan fingerprint density at radius 3 is 2.09 bits per heavy atom. The Morgan fingerprint density at radius 2 is 1.59 bits per heavy atom. The van der Waals surface area contributed by atoms with Crippen LogP contribution in [-0.2, 0) is 9.59 Å². The monoisotopic (exact) mass is 437 g/mol. The highest BCUT2D eigenvalue weighted by atomic mass is 16.5. The molecule has 1 aliphatic rings. The van der Waals surface area contributed by atoms with Crippen molar-refractivity contribution in [3.63, 3.8) is 0 Å². The number of aliphatic hydroxyl groups excluding tert-OH is 1. The van der Waals surface area contributed by atoms with E-state index in [1.807, 2.05) is 45.0 Å². The van der Waals surface area contributed by atoms with Gasteiger partial charge in [-0.15, -0.1) is 0 Å². The summed E-state index contributed by atoms with van der Waals surface area (Å²) < 4.78 is 11.2. The molecule has 32 heavy (non-hydrogen) atoms. The van der Waals surface area contributed by atoms with Gasteiger partial charge in [0.2, 0.25) is 0 Å². The van der Waals surface area contributed by atoms with E-state index in [1.54, 1.807) is 45.0 Å². The van der Waals surface area contributed by atoms with Crippen molar-refractivity contribution in [1.29, 1.82) is 0 Å². The fraction of sp³-hybridized carbons (Fsp3) is 0.385. The molecule has 2 aromatic carbocycles. The third kappa shape index (κ3) is 4.64. The number of hydrogen-bond acceptors (Lipinski definition) is 5. The second-order valence-electron chi connectivity index (χ2n) is 9.08. The van der Waals surface area contributed by atoms with E-state index >= 15 is 0 Å². The maximum absolute atomic E-state index is 13.3. The maximum Gasteiger partial charge on any atom is 0.294 e. The molecular formula is C26H31NO5. The summed E-state index contributed by atoms with van der Waals surface area (Å²) in [6.07, 6.45) is 0.0243. The number of aliphatic hydroxyl groups is 1. The van der Waals surface area contributed by atoms with Gasteiger partial charge in [-0.05, 0) is 62.7 Å². The summed E-state index contributed by atoms with van der Waals surface area (Å²) in [7, 11) is 0. The fourth-order valence-corrected chi connectivity index (χ4v) is 3.69. The van der Waals surface area contributed by atoms with Crippen LogP contribution in [-0.4, -0.2) is 29.5 Å². The summed E-state index contributed by atoms with van der Waals surface area (Å²) in [5.41, 5.74) is 0.611. The Hall–Kier alpha value is -3.28. The van der Waals surface area contributed by atoms with E-state index in [1.165, 1.54) is 4.90 Å². The van der Waals surface area contributed by atoms with Crippen molar-refractivity contribution in [2.75, 3.05) is 11.5 Å². The van der Waals surface area contributed by atoms with Gasteiger partial charge in [-0.25, -0.2) is 0 Å². The number of ether oxygens (including phenoxy) is 2. The normalized spacial score (nSPS) is 16.7. The number of carbonyl (C=O) groups excluding carboxylic acids is 2. The molecule has 1 aliphatic heterocycles. The van der Waals surface area contributed by atoms with Crippen LogP contribution < -0.4 is 14.4 Å². The number of nitrogens with zero attached hydrogens (tertiary/aromatic N) is 1. The zero-order chi connectivity index (χ0) is 23.6. The number of ketones is 1. The van der Waals surface area contributed by atoms with Crippen molar-refractivity contribution in [3.05, 3.63) is 65.4 Å². The van der Waals surface area contributed by atoms with Gasteiger partial charge in [-0.3, -0.25) is 14.5 Å². The van der Waals surface area contributed by atoms with E-state index in [4.69, 9.17) is 9.47 Å². The predicted octanol–water partition coefficient (Wildman–Crippen LogP) is 5.39. The molecule has 0 spiro atoms. The molecule has 6 heteroatoms. The Bertz CT molecular complexity index is 1010. The second-order valence-corrected chi connectivity index (χ2v) is 9.08. The number of anilines is 1. The van der Waals surface area contributed by atoms with E-state index in [-0.39, 0.29) is 17.5 Å². The molecule has 0 saturated carbocycles. The highest BCUT2D eigenvalue weighted by molar-refractivity contribution is 6.17. The summed E-state index contributed by atoms with van der Waals surface area (Å²) in [4.78, 5) is 27.9. The summed E-state index contributed by atoms with van der Waals surface area (Å²) in [5.74, 6) is -0.0136. The minimum atomic E-state index is -0.766. The molecule has 0 aliphatic carbocycles. The highest BCUT2D eigenvalue weighted by Gasteiger charge is 2.46. The zero-order valence-corrected chi connectivity index (χ0v) is 19.5. The molecule has 6 nitrogen and oxygen atoms in total. The van der Waals surface area contributed by atoms with Crippen molar-refractivity contribution < 1.29 is 24.2 Å². The van der Waals surface area contributed by atoms with Crippen LogP contribution in [0.15, 0.2) is 59.9 Å². The first-order chi connectivity index (χ1) is 15.0. The Morgan fingerprint density at radius 1 is 1.03 bits per heavy atom. The predicted molar refractivity (Wildman–Crippen MR) is 124 cm³/mol. The first-order valence-electron chi connectivity index (χ1n) is 10.9. The third-order valence-corrected chi connectivity index (χ3v) is 5.13. The molecular weight excluding hydrogens is 406 g/mol. The minimum Gasteiger partial charge on any atom is -0.503 e. The van der Waals surface area contributed by atoms with E-state index in [9.17, 15) is 14.7 Å². The third-order valence-electron chi connectivity index (χ3n) is 5.13. The lowest BCUT2D eigenvalue weighted by Gasteiger charge is -2.29. The lowest BCUT2D eigenvalue weighted by atomic mass is 9.82. The van der Waals surface area contributed by atoms with Gasteiger partial charge < -0.3 is 14.6 Å². The number of amides is 1. The van der Waals surface area contributed by atoms with Gasteiger partial charge in [0.25, 0.3) is 5.91 Å². The SMILES string of the molecule is CCOc1ccc(N2C(=O)C(O)=C(C(=O)C(C)(C)C)C2c2ccc(OC(C)C)cc2)cc1. The van der Waals surface area contributed by atoms with Crippen molar-refractivity contribution >= 4 is 17.4 Å². The molecule has 1 amide bonds. The van der Waals surface area contributed by atoms with Gasteiger partial charge in [0, 0.05) is 11.1 Å². The summed E-state index contributed by atoms with van der Waals surface area (Å²) in [6.45, 7) is 11.6. The van der Waals surface area contributed by atoms with E-state index in [2.05, 4.69) is 0 Å². The van der Waals surface area contributed by atoms with Crippen molar-refractivity contribution in [2.24, 2.45) is 5.41 Å². The molecule has 0 bridgehead atoms. The van der Waals surface area contributed by atoms with E-state index in [0.29, 0.717) is 29.4 Å². The van der Waals surface area contributed by atoms with Crippen molar-refractivity contribution in [3.8, 4) is 11.5 Å². The number of benzene rings is 2. The van der Waals surface area contributed by atoms with Crippen LogP contribution in [0.2, 0.25) is 0 Å². The molecule has 1 heterocycles. The highest BCUT2D eigenvalue weighted by Crippen LogP contribution is 2.43. The molecule has 1 N–H and O–H groups in total. The van der Waals surface area contributed by atoms with Gasteiger partial charge >= 0.3 is 0 Å². The molecule has 1 unspecified atom stereocenters. The molecule has 170 valence electrons. The zero-order valence-electron chi connectivity index (χ0n) is 19.5. The largest absolute Gasteiger partial charge is 0.503 e. The average Bonchev–Trinajstić information content (AvgIpc) is 2.98. The van der Waals surface area contributed by atoms with Crippen LogP contribution in [0, 0.1) is 5.41 Å². The lowest BCUT2D eigenvalue weighted by molar-refractivity contribution is -0.123. The van der Waals surface area contributed by atoms with Gasteiger partial charge in [0.15, 0.2) is 11.5 Å². The topological polar surface area (TPSA) is 76.1 Å². The average molecular weight is 438 g/mol. The van der Waals surface area contributed by atoms with Crippen LogP contribution in [0.25, 0.3) is 0 Å². The minimum absolute atomic E-state index is 0.0243. The smallest absolute Gasteiger partial charge is 0.294 e. The maximum atomic E-state index is 13.3. The van der Waals surface area contributed by atoms with E-state index < -0.39 is 23.1 Å². The quantitative estimate of drug-likeness (QED) is 0.629. The first-order valence-corrected chi connectivity index (χ1v) is 10.9. The van der Waals surface area contributed by atoms with Crippen LogP contribution in [0.3, 0.4) is 0 Å². The number of hydrogen-bond donors (Lipinski definition) is 1. The molecule has 1 atom stereocenters. The van der Waals surface area contributed by atoms with Crippen LogP contribution in [0.5, 0.6) is 11.5 Å². The lowest BCUT2D eigenvalue weighted by Crippen LogP contribution is -2.32. The second kappa shape index (κ2) is 9.07. The van der Waals surface area contributed by atoms with Crippen LogP contribution >= 0.6 is 0 Å². The summed E-state index contributed by atoms with van der Waals surface area (Å²) in [5, 5.41) is 10.8. The molecule has 0 fully saturated rings. The summed E-state index contributed by atoms with van der Waals surface area (Å²) >= 11 is 0. The number of carbonyl (C=O) groups is 2. The Labute approximate surface area is 189 Å². The Balaban J connectivity index is 2.09. The first kappa shape index (κ1) is 23.4. The Kier molecular flexibility index (Phi) is 6.63. The molecule has 0 radical (unpaired) electrons.